The molecular formula is C17H13Cl2N3O3S. The van der Waals surface area contributed by atoms with E-state index in [4.69, 9.17) is 27.9 Å². The summed E-state index contributed by atoms with van der Waals surface area (Å²) in [4.78, 5) is 28.0. The number of aromatic nitrogens is 1. The molecule has 0 bridgehead atoms. The van der Waals surface area contributed by atoms with Crippen molar-refractivity contribution >= 4 is 67.4 Å². The third-order valence-corrected chi connectivity index (χ3v) is 4.89. The molecule has 0 aliphatic rings. The molecule has 3 aromatic rings. The minimum absolute atomic E-state index is 0.157. The zero-order valence-corrected chi connectivity index (χ0v) is 16.1. The van der Waals surface area contributed by atoms with E-state index in [-0.39, 0.29) is 16.0 Å². The Hall–Kier alpha value is -2.35. The fourth-order valence-corrected chi connectivity index (χ4v) is 3.86. The van der Waals surface area contributed by atoms with Gasteiger partial charge in [-0.3, -0.25) is 14.9 Å². The maximum Gasteiger partial charge on any atom is 0.257 e. The highest BCUT2D eigenvalue weighted by molar-refractivity contribution is 7.22. The second kappa shape index (κ2) is 7.49. The largest absolute Gasteiger partial charge is 0.494 e. The number of hydrogen-bond donors (Lipinski definition) is 2. The molecule has 2 N–H and O–H groups in total. The molecule has 6 nitrogen and oxygen atoms in total. The molecule has 3 rings (SSSR count). The highest BCUT2D eigenvalue weighted by atomic mass is 35.5. The first-order chi connectivity index (χ1) is 12.4. The molecule has 0 atom stereocenters. The number of amides is 2. The normalized spacial score (nSPS) is 10.6. The van der Waals surface area contributed by atoms with Crippen molar-refractivity contribution < 1.29 is 14.3 Å². The van der Waals surface area contributed by atoms with Crippen molar-refractivity contribution in [1.29, 1.82) is 0 Å². The van der Waals surface area contributed by atoms with Crippen LogP contribution < -0.4 is 15.4 Å². The van der Waals surface area contributed by atoms with Gasteiger partial charge in [0, 0.05) is 18.2 Å². The summed E-state index contributed by atoms with van der Waals surface area (Å²) in [6, 6.07) is 8.27. The third-order valence-electron chi connectivity index (χ3n) is 3.39. The van der Waals surface area contributed by atoms with Crippen LogP contribution in [0.4, 0.5) is 10.8 Å². The van der Waals surface area contributed by atoms with Gasteiger partial charge in [-0.2, -0.15) is 0 Å². The second-order valence-corrected chi connectivity index (χ2v) is 7.16. The van der Waals surface area contributed by atoms with Crippen LogP contribution in [-0.4, -0.2) is 23.9 Å². The Kier molecular flexibility index (Phi) is 5.31. The average molecular weight is 410 g/mol. The van der Waals surface area contributed by atoms with Crippen LogP contribution in [0.2, 0.25) is 10.0 Å². The minimum Gasteiger partial charge on any atom is -0.494 e. The maximum absolute atomic E-state index is 12.4. The highest BCUT2D eigenvalue weighted by Crippen LogP contribution is 2.34. The van der Waals surface area contributed by atoms with E-state index >= 15 is 0 Å². The van der Waals surface area contributed by atoms with Gasteiger partial charge in [-0.1, -0.05) is 34.5 Å². The van der Waals surface area contributed by atoms with Crippen LogP contribution in [0, 0.1) is 0 Å². The van der Waals surface area contributed by atoms with E-state index in [1.807, 2.05) is 0 Å². The Morgan fingerprint density at radius 1 is 1.12 bits per heavy atom. The van der Waals surface area contributed by atoms with Crippen LogP contribution in [0.3, 0.4) is 0 Å². The third kappa shape index (κ3) is 3.90. The molecule has 2 aromatic carbocycles. The number of hydrogen-bond acceptors (Lipinski definition) is 5. The lowest BCUT2D eigenvalue weighted by Crippen LogP contribution is -2.11. The van der Waals surface area contributed by atoms with Gasteiger partial charge in [0.15, 0.2) is 10.9 Å². The molecule has 0 saturated carbocycles. The van der Waals surface area contributed by atoms with Crippen molar-refractivity contribution in [3.8, 4) is 5.75 Å². The monoisotopic (exact) mass is 409 g/mol. The summed E-state index contributed by atoms with van der Waals surface area (Å²) >= 11 is 13.4. The van der Waals surface area contributed by atoms with Crippen LogP contribution in [0.15, 0.2) is 30.3 Å². The topological polar surface area (TPSA) is 80.3 Å². The van der Waals surface area contributed by atoms with Crippen molar-refractivity contribution in [3.63, 3.8) is 0 Å². The first kappa shape index (κ1) is 18.4. The van der Waals surface area contributed by atoms with E-state index in [9.17, 15) is 9.59 Å². The minimum atomic E-state index is -0.391. The highest BCUT2D eigenvalue weighted by Gasteiger charge is 2.15. The van der Waals surface area contributed by atoms with E-state index < -0.39 is 5.91 Å². The number of anilines is 2. The van der Waals surface area contributed by atoms with Gasteiger partial charge in [0.2, 0.25) is 5.91 Å². The van der Waals surface area contributed by atoms with Gasteiger partial charge in [0.05, 0.1) is 27.4 Å². The number of nitrogens with zero attached hydrogens (tertiary/aromatic N) is 1. The fraction of sp³-hybridized carbons (Fsp3) is 0.118. The van der Waals surface area contributed by atoms with Crippen molar-refractivity contribution in [2.45, 2.75) is 6.92 Å². The lowest BCUT2D eigenvalue weighted by molar-refractivity contribution is -0.114. The average Bonchev–Trinajstić information content (AvgIpc) is 2.95. The molecule has 0 aliphatic heterocycles. The molecule has 26 heavy (non-hydrogen) atoms. The number of carbonyl (C=O) groups is 2. The van der Waals surface area contributed by atoms with Gasteiger partial charge < -0.3 is 10.1 Å². The summed E-state index contributed by atoms with van der Waals surface area (Å²) in [7, 11) is 1.45. The first-order valence-electron chi connectivity index (χ1n) is 7.40. The molecule has 0 fully saturated rings. The van der Waals surface area contributed by atoms with E-state index in [0.717, 1.165) is 4.70 Å². The van der Waals surface area contributed by atoms with E-state index in [1.165, 1.54) is 37.5 Å². The van der Waals surface area contributed by atoms with Crippen molar-refractivity contribution in [3.05, 3.63) is 45.9 Å². The number of methoxy groups -OCH3 is 1. The number of nitrogens with one attached hydrogen (secondary N) is 2. The SMILES string of the molecule is COc1c(Cl)cc(C(=O)Nc2nc3ccc(NC(C)=O)cc3s2)cc1Cl. The van der Waals surface area contributed by atoms with Crippen LogP contribution in [0.25, 0.3) is 10.2 Å². The summed E-state index contributed by atoms with van der Waals surface area (Å²) < 4.78 is 5.90. The van der Waals surface area contributed by atoms with Crippen molar-refractivity contribution in [1.82, 2.24) is 4.98 Å². The van der Waals surface area contributed by atoms with Crippen LogP contribution in [0.5, 0.6) is 5.75 Å². The Morgan fingerprint density at radius 3 is 2.42 bits per heavy atom. The number of fused-ring (bicyclic) bond motifs is 1. The Bertz CT molecular complexity index is 997. The van der Waals surface area contributed by atoms with E-state index in [2.05, 4.69) is 15.6 Å². The summed E-state index contributed by atoms with van der Waals surface area (Å²) in [5.74, 6) is -0.233. The molecule has 0 aliphatic carbocycles. The van der Waals surface area contributed by atoms with Crippen LogP contribution in [-0.2, 0) is 4.79 Å². The van der Waals surface area contributed by atoms with Gasteiger partial charge >= 0.3 is 0 Å². The lowest BCUT2D eigenvalue weighted by atomic mass is 10.2. The Balaban J connectivity index is 1.84. The molecule has 1 aromatic heterocycles. The maximum atomic E-state index is 12.4. The first-order valence-corrected chi connectivity index (χ1v) is 8.97. The van der Waals surface area contributed by atoms with Crippen molar-refractivity contribution in [2.75, 3.05) is 17.7 Å². The Morgan fingerprint density at radius 2 is 1.81 bits per heavy atom. The van der Waals surface area contributed by atoms with Gasteiger partial charge in [-0.05, 0) is 30.3 Å². The second-order valence-electron chi connectivity index (χ2n) is 5.31. The number of thiazole rings is 1. The summed E-state index contributed by atoms with van der Waals surface area (Å²) in [5, 5.41) is 6.34. The predicted molar refractivity (Wildman–Crippen MR) is 105 cm³/mol. The number of ether oxygens (including phenoxy) is 1. The van der Waals surface area contributed by atoms with Crippen molar-refractivity contribution in [2.24, 2.45) is 0 Å². The molecule has 0 saturated heterocycles. The van der Waals surface area contributed by atoms with Crippen LogP contribution in [0.1, 0.15) is 17.3 Å². The molecule has 9 heteroatoms. The molecule has 134 valence electrons. The molecule has 0 spiro atoms. The quantitative estimate of drug-likeness (QED) is 0.646. The van der Waals surface area contributed by atoms with Gasteiger partial charge in [-0.25, -0.2) is 4.98 Å². The standard InChI is InChI=1S/C17H13Cl2N3O3S/c1-8(23)20-10-3-4-13-14(7-10)26-17(21-13)22-16(24)9-5-11(18)15(25-2)12(19)6-9/h3-7H,1-2H3,(H,20,23)(H,21,22,24). The smallest absolute Gasteiger partial charge is 0.257 e. The molecule has 0 radical (unpaired) electrons. The number of benzene rings is 2. The molecular weight excluding hydrogens is 397 g/mol. The fourth-order valence-electron chi connectivity index (χ4n) is 2.31. The molecule has 0 unspecified atom stereocenters. The zero-order valence-electron chi connectivity index (χ0n) is 13.7. The Labute approximate surface area is 163 Å². The number of halogens is 2. The molecule has 1 heterocycles. The number of carbonyl (C=O) groups excluding carboxylic acids is 2. The predicted octanol–water partition coefficient (Wildman–Crippen LogP) is 4.82. The lowest BCUT2D eigenvalue weighted by Gasteiger charge is -2.08. The van der Waals surface area contributed by atoms with Gasteiger partial charge in [0.1, 0.15) is 0 Å². The van der Waals surface area contributed by atoms with Crippen LogP contribution >= 0.6 is 34.5 Å². The molecule has 2 amide bonds. The van der Waals surface area contributed by atoms with Gasteiger partial charge in [-0.15, -0.1) is 0 Å². The zero-order chi connectivity index (χ0) is 18.8. The van der Waals surface area contributed by atoms with E-state index in [0.29, 0.717) is 27.6 Å². The summed E-state index contributed by atoms with van der Waals surface area (Å²) in [6.45, 7) is 1.44. The number of rotatable bonds is 4. The van der Waals surface area contributed by atoms with Gasteiger partial charge in [0.25, 0.3) is 5.91 Å². The summed E-state index contributed by atoms with van der Waals surface area (Å²) in [6.07, 6.45) is 0. The van der Waals surface area contributed by atoms with E-state index in [1.54, 1.807) is 18.2 Å². The summed E-state index contributed by atoms with van der Waals surface area (Å²) in [5.41, 5.74) is 1.67.